The zero-order chi connectivity index (χ0) is 19.1. The van der Waals surface area contributed by atoms with E-state index < -0.39 is 5.91 Å². The molecule has 5 nitrogen and oxygen atoms in total. The first-order valence-electron chi connectivity index (χ1n) is 8.58. The van der Waals surface area contributed by atoms with E-state index in [2.05, 4.69) is 16.4 Å². The molecule has 0 bridgehead atoms. The van der Waals surface area contributed by atoms with Gasteiger partial charge in [-0.25, -0.2) is 4.98 Å². The summed E-state index contributed by atoms with van der Waals surface area (Å²) in [4.78, 5) is 15.1. The van der Waals surface area contributed by atoms with Crippen LogP contribution in [0.2, 0.25) is 5.02 Å². The van der Waals surface area contributed by atoms with Crippen LogP contribution in [-0.4, -0.2) is 17.4 Å². The number of amides is 1. The molecule has 0 saturated heterocycles. The lowest BCUT2D eigenvalue weighted by Crippen LogP contribution is -2.16. The monoisotopic (exact) mass is 381 g/mol. The first kappa shape index (κ1) is 18.9. The van der Waals surface area contributed by atoms with Crippen LogP contribution in [0.1, 0.15) is 21.5 Å². The summed E-state index contributed by atoms with van der Waals surface area (Å²) in [7, 11) is 0. The van der Waals surface area contributed by atoms with Crippen molar-refractivity contribution in [3.63, 3.8) is 0 Å². The Kier molecular flexibility index (Phi) is 6.41. The summed E-state index contributed by atoms with van der Waals surface area (Å²) in [6.07, 6.45) is 2.32. The van der Waals surface area contributed by atoms with E-state index >= 15 is 0 Å². The predicted octanol–water partition coefficient (Wildman–Crippen LogP) is 3.96. The van der Waals surface area contributed by atoms with Crippen molar-refractivity contribution in [2.45, 2.75) is 13.0 Å². The van der Waals surface area contributed by atoms with Gasteiger partial charge in [0.2, 0.25) is 11.8 Å². The molecule has 1 heterocycles. The van der Waals surface area contributed by atoms with Gasteiger partial charge in [-0.2, -0.15) is 0 Å². The maximum Gasteiger partial charge on any atom is 0.250 e. The lowest BCUT2D eigenvalue weighted by Gasteiger charge is -2.08. The highest BCUT2D eigenvalue weighted by Crippen LogP contribution is 2.20. The van der Waals surface area contributed by atoms with Crippen LogP contribution in [0, 0.1) is 0 Å². The van der Waals surface area contributed by atoms with Crippen molar-refractivity contribution in [2.75, 3.05) is 6.54 Å². The zero-order valence-corrected chi connectivity index (χ0v) is 15.4. The first-order valence-corrected chi connectivity index (χ1v) is 8.96. The smallest absolute Gasteiger partial charge is 0.250 e. The summed E-state index contributed by atoms with van der Waals surface area (Å²) >= 11 is 5.99. The molecule has 0 spiro atoms. The molecule has 0 radical (unpaired) electrons. The fourth-order valence-electron chi connectivity index (χ4n) is 2.54. The normalized spacial score (nSPS) is 10.6. The lowest BCUT2D eigenvalue weighted by molar-refractivity contribution is 0.1000. The fourth-order valence-corrected chi connectivity index (χ4v) is 2.75. The molecular formula is C21H20ClN3O2. The number of rotatable bonds is 8. The Labute approximate surface area is 163 Å². The number of ether oxygens (including phenoxy) is 1. The Bertz CT molecular complexity index is 896. The number of aromatic nitrogens is 1. The molecule has 1 amide bonds. The van der Waals surface area contributed by atoms with E-state index in [1.54, 1.807) is 12.1 Å². The van der Waals surface area contributed by atoms with Gasteiger partial charge >= 0.3 is 0 Å². The maximum absolute atomic E-state index is 11.0. The second-order valence-corrected chi connectivity index (χ2v) is 6.49. The van der Waals surface area contributed by atoms with Crippen molar-refractivity contribution in [3.05, 3.63) is 88.6 Å². The van der Waals surface area contributed by atoms with Gasteiger partial charge in [0, 0.05) is 23.8 Å². The molecule has 27 heavy (non-hydrogen) atoms. The van der Waals surface area contributed by atoms with Crippen molar-refractivity contribution in [3.8, 4) is 11.6 Å². The average Bonchev–Trinajstić information content (AvgIpc) is 2.67. The van der Waals surface area contributed by atoms with Gasteiger partial charge in [-0.05, 0) is 54.4 Å². The molecule has 1 aromatic heterocycles. The number of nitrogens with two attached hydrogens (primary N) is 1. The Balaban J connectivity index is 1.46. The summed E-state index contributed by atoms with van der Waals surface area (Å²) in [5.74, 6) is 0.575. The third-order valence-corrected chi connectivity index (χ3v) is 4.21. The van der Waals surface area contributed by atoms with Crippen LogP contribution in [-0.2, 0) is 13.0 Å². The summed E-state index contributed by atoms with van der Waals surface area (Å²) in [5, 5.41) is 4.18. The van der Waals surface area contributed by atoms with Gasteiger partial charge in [-0.1, -0.05) is 35.9 Å². The summed E-state index contributed by atoms with van der Waals surface area (Å²) < 4.78 is 5.67. The number of halogens is 1. The molecule has 0 saturated carbocycles. The van der Waals surface area contributed by atoms with E-state index in [0.29, 0.717) is 17.2 Å². The molecule has 0 aliphatic rings. The Morgan fingerprint density at radius 2 is 1.89 bits per heavy atom. The van der Waals surface area contributed by atoms with Crippen molar-refractivity contribution in [2.24, 2.45) is 5.73 Å². The molecule has 0 aliphatic heterocycles. The number of carbonyl (C=O) groups excluding carboxylic acids is 1. The SMILES string of the molecule is NC(=O)c1ccc(Oc2ccc(CNCCc3cccc(Cl)c3)cc2)nc1. The third-order valence-electron chi connectivity index (χ3n) is 3.98. The van der Waals surface area contributed by atoms with Gasteiger partial charge in [0.05, 0.1) is 5.56 Å². The van der Waals surface area contributed by atoms with Crippen LogP contribution < -0.4 is 15.8 Å². The average molecular weight is 382 g/mol. The van der Waals surface area contributed by atoms with E-state index in [9.17, 15) is 4.79 Å². The second kappa shape index (κ2) is 9.16. The Morgan fingerprint density at radius 3 is 2.56 bits per heavy atom. The van der Waals surface area contributed by atoms with Crippen LogP contribution in [0.15, 0.2) is 66.9 Å². The van der Waals surface area contributed by atoms with Crippen molar-refractivity contribution < 1.29 is 9.53 Å². The number of hydrogen-bond acceptors (Lipinski definition) is 4. The molecular weight excluding hydrogens is 362 g/mol. The van der Waals surface area contributed by atoms with Crippen LogP contribution >= 0.6 is 11.6 Å². The van der Waals surface area contributed by atoms with E-state index in [-0.39, 0.29) is 0 Å². The maximum atomic E-state index is 11.0. The molecule has 0 fully saturated rings. The van der Waals surface area contributed by atoms with Gasteiger partial charge in [-0.15, -0.1) is 0 Å². The van der Waals surface area contributed by atoms with Crippen LogP contribution in [0.25, 0.3) is 0 Å². The number of pyridine rings is 1. The molecule has 2 aromatic carbocycles. The third kappa shape index (κ3) is 5.81. The molecule has 0 unspecified atom stereocenters. The van der Waals surface area contributed by atoms with Crippen molar-refractivity contribution in [1.29, 1.82) is 0 Å². The molecule has 6 heteroatoms. The highest BCUT2D eigenvalue weighted by atomic mass is 35.5. The molecule has 0 atom stereocenters. The minimum Gasteiger partial charge on any atom is -0.439 e. The number of nitrogens with one attached hydrogen (secondary N) is 1. The van der Waals surface area contributed by atoms with Crippen LogP contribution in [0.5, 0.6) is 11.6 Å². The van der Waals surface area contributed by atoms with Gasteiger partial charge in [0.25, 0.3) is 0 Å². The predicted molar refractivity (Wildman–Crippen MR) is 106 cm³/mol. The number of nitrogens with zero attached hydrogens (tertiary/aromatic N) is 1. The van der Waals surface area contributed by atoms with Gasteiger partial charge in [0.1, 0.15) is 5.75 Å². The number of benzene rings is 2. The van der Waals surface area contributed by atoms with E-state index in [0.717, 1.165) is 30.1 Å². The summed E-state index contributed by atoms with van der Waals surface area (Å²) in [6, 6.07) is 18.9. The molecule has 3 aromatic rings. The topological polar surface area (TPSA) is 77.2 Å². The standard InChI is InChI=1S/C21H20ClN3O2/c22-18-3-1-2-15(12-18)10-11-24-13-16-4-7-19(8-5-16)27-20-9-6-17(14-25-20)21(23)26/h1-9,12,14,24H,10-11,13H2,(H2,23,26). The molecule has 138 valence electrons. The van der Waals surface area contributed by atoms with Crippen LogP contribution in [0.4, 0.5) is 0 Å². The second-order valence-electron chi connectivity index (χ2n) is 6.05. The van der Waals surface area contributed by atoms with Gasteiger partial charge in [0.15, 0.2) is 0 Å². The van der Waals surface area contributed by atoms with Gasteiger partial charge < -0.3 is 15.8 Å². The molecule has 3 N–H and O–H groups in total. The summed E-state index contributed by atoms with van der Waals surface area (Å²) in [6.45, 7) is 1.64. The zero-order valence-electron chi connectivity index (χ0n) is 14.7. The fraction of sp³-hybridized carbons (Fsp3) is 0.143. The van der Waals surface area contributed by atoms with Crippen molar-refractivity contribution in [1.82, 2.24) is 10.3 Å². The highest BCUT2D eigenvalue weighted by molar-refractivity contribution is 6.30. The minimum absolute atomic E-state index is 0.349. The lowest BCUT2D eigenvalue weighted by atomic mass is 10.1. The largest absolute Gasteiger partial charge is 0.439 e. The number of primary amides is 1. The number of hydrogen-bond donors (Lipinski definition) is 2. The highest BCUT2D eigenvalue weighted by Gasteiger charge is 2.03. The van der Waals surface area contributed by atoms with Crippen molar-refractivity contribution >= 4 is 17.5 Å². The Morgan fingerprint density at radius 1 is 1.07 bits per heavy atom. The number of carbonyl (C=O) groups is 1. The van der Waals surface area contributed by atoms with Crippen LogP contribution in [0.3, 0.4) is 0 Å². The van der Waals surface area contributed by atoms with E-state index in [4.69, 9.17) is 22.1 Å². The van der Waals surface area contributed by atoms with Gasteiger partial charge in [-0.3, -0.25) is 4.79 Å². The quantitative estimate of drug-likeness (QED) is 0.579. The Hall–Kier alpha value is -2.89. The van der Waals surface area contributed by atoms with E-state index in [1.807, 2.05) is 42.5 Å². The first-order chi connectivity index (χ1) is 13.1. The molecule has 3 rings (SSSR count). The van der Waals surface area contributed by atoms with E-state index in [1.165, 1.54) is 11.8 Å². The minimum atomic E-state index is -0.513. The summed E-state index contributed by atoms with van der Waals surface area (Å²) in [5.41, 5.74) is 7.91. The molecule has 0 aliphatic carbocycles.